The standard InChI is InChI=1S/C14H30N2/c1-6-15-12(2)10-13(3)16-9-7-8-14(4,5)11-16/h12-13,15H,6-11H2,1-5H3. The molecule has 1 aliphatic rings. The molecule has 2 nitrogen and oxygen atoms in total. The van der Waals surface area contributed by atoms with Crippen molar-refractivity contribution < 1.29 is 0 Å². The van der Waals surface area contributed by atoms with E-state index in [0.717, 1.165) is 6.54 Å². The Morgan fingerprint density at radius 1 is 1.31 bits per heavy atom. The Morgan fingerprint density at radius 2 is 2.00 bits per heavy atom. The molecular formula is C14H30N2. The Hall–Kier alpha value is -0.0800. The van der Waals surface area contributed by atoms with Crippen molar-refractivity contribution in [3.8, 4) is 0 Å². The highest BCUT2D eigenvalue weighted by molar-refractivity contribution is 4.83. The zero-order chi connectivity index (χ0) is 12.2. The van der Waals surface area contributed by atoms with Crippen LogP contribution in [0.1, 0.15) is 53.9 Å². The highest BCUT2D eigenvalue weighted by atomic mass is 15.2. The van der Waals surface area contributed by atoms with Gasteiger partial charge in [0, 0.05) is 18.6 Å². The SMILES string of the molecule is CCNC(C)CC(C)N1CCCC(C)(C)C1. The van der Waals surface area contributed by atoms with Crippen LogP contribution in [0, 0.1) is 5.41 Å². The van der Waals surface area contributed by atoms with Gasteiger partial charge in [-0.3, -0.25) is 0 Å². The lowest BCUT2D eigenvalue weighted by molar-refractivity contribution is 0.0776. The monoisotopic (exact) mass is 226 g/mol. The summed E-state index contributed by atoms with van der Waals surface area (Å²) in [5.74, 6) is 0. The maximum Gasteiger partial charge on any atom is 0.00818 e. The molecule has 1 saturated heterocycles. The minimum atomic E-state index is 0.522. The number of nitrogens with one attached hydrogen (secondary N) is 1. The lowest BCUT2D eigenvalue weighted by atomic mass is 9.83. The molecule has 0 spiro atoms. The minimum absolute atomic E-state index is 0.522. The summed E-state index contributed by atoms with van der Waals surface area (Å²) in [4.78, 5) is 2.68. The first kappa shape index (κ1) is 14.0. The topological polar surface area (TPSA) is 15.3 Å². The maximum atomic E-state index is 3.51. The fraction of sp³-hybridized carbons (Fsp3) is 1.00. The average Bonchev–Trinajstić information content (AvgIpc) is 2.16. The molecule has 2 heteroatoms. The van der Waals surface area contributed by atoms with Gasteiger partial charge in [0.15, 0.2) is 0 Å². The third-order valence-corrected chi connectivity index (χ3v) is 3.80. The largest absolute Gasteiger partial charge is 0.314 e. The fourth-order valence-corrected chi connectivity index (χ4v) is 2.94. The second-order valence-corrected chi connectivity index (χ2v) is 6.28. The third-order valence-electron chi connectivity index (χ3n) is 3.80. The van der Waals surface area contributed by atoms with E-state index in [1.165, 1.54) is 32.4 Å². The molecule has 0 aromatic carbocycles. The van der Waals surface area contributed by atoms with Gasteiger partial charge >= 0.3 is 0 Å². The normalized spacial score (nSPS) is 25.3. The second-order valence-electron chi connectivity index (χ2n) is 6.28. The minimum Gasteiger partial charge on any atom is -0.314 e. The van der Waals surface area contributed by atoms with Gasteiger partial charge in [-0.05, 0) is 51.6 Å². The predicted octanol–water partition coefficient (Wildman–Crippen LogP) is 2.89. The molecule has 2 atom stereocenters. The third kappa shape index (κ3) is 4.42. The average molecular weight is 226 g/mol. The molecule has 0 aromatic rings. The molecule has 1 rings (SSSR count). The highest BCUT2D eigenvalue weighted by Crippen LogP contribution is 2.30. The smallest absolute Gasteiger partial charge is 0.00818 e. The number of hydrogen-bond donors (Lipinski definition) is 1. The molecule has 0 amide bonds. The van der Waals surface area contributed by atoms with Gasteiger partial charge in [0.2, 0.25) is 0 Å². The van der Waals surface area contributed by atoms with E-state index in [4.69, 9.17) is 0 Å². The van der Waals surface area contributed by atoms with Crippen LogP contribution in [0.5, 0.6) is 0 Å². The van der Waals surface area contributed by atoms with Gasteiger partial charge in [0.25, 0.3) is 0 Å². The molecule has 0 radical (unpaired) electrons. The van der Waals surface area contributed by atoms with Crippen molar-refractivity contribution in [1.82, 2.24) is 10.2 Å². The Labute approximate surface area is 102 Å². The molecular weight excluding hydrogens is 196 g/mol. The molecule has 0 bridgehead atoms. The summed E-state index contributed by atoms with van der Waals surface area (Å²) in [6.45, 7) is 15.3. The zero-order valence-electron chi connectivity index (χ0n) is 11.8. The van der Waals surface area contributed by atoms with Gasteiger partial charge in [0.05, 0.1) is 0 Å². The van der Waals surface area contributed by atoms with Gasteiger partial charge in [-0.1, -0.05) is 20.8 Å². The van der Waals surface area contributed by atoms with Gasteiger partial charge in [-0.2, -0.15) is 0 Å². The first-order valence-electron chi connectivity index (χ1n) is 6.92. The number of piperidine rings is 1. The summed E-state index contributed by atoms with van der Waals surface area (Å²) in [6, 6.07) is 1.36. The Bertz CT molecular complexity index is 201. The number of rotatable bonds is 5. The summed E-state index contributed by atoms with van der Waals surface area (Å²) in [5.41, 5.74) is 0.522. The van der Waals surface area contributed by atoms with E-state index >= 15 is 0 Å². The van der Waals surface area contributed by atoms with Crippen LogP contribution in [0.2, 0.25) is 0 Å². The summed E-state index contributed by atoms with van der Waals surface area (Å²) < 4.78 is 0. The van der Waals surface area contributed by atoms with Crippen LogP contribution in [-0.2, 0) is 0 Å². The summed E-state index contributed by atoms with van der Waals surface area (Å²) >= 11 is 0. The number of nitrogens with zero attached hydrogens (tertiary/aromatic N) is 1. The van der Waals surface area contributed by atoms with Crippen LogP contribution < -0.4 is 5.32 Å². The molecule has 2 unspecified atom stereocenters. The molecule has 1 N–H and O–H groups in total. The predicted molar refractivity (Wildman–Crippen MR) is 71.8 cm³/mol. The summed E-state index contributed by atoms with van der Waals surface area (Å²) in [5, 5.41) is 3.51. The van der Waals surface area contributed by atoms with Gasteiger partial charge in [0.1, 0.15) is 0 Å². The van der Waals surface area contributed by atoms with E-state index in [1.807, 2.05) is 0 Å². The molecule has 1 fully saturated rings. The van der Waals surface area contributed by atoms with Crippen molar-refractivity contribution in [2.45, 2.75) is 66.0 Å². The van der Waals surface area contributed by atoms with E-state index in [9.17, 15) is 0 Å². The molecule has 96 valence electrons. The lowest BCUT2D eigenvalue weighted by Crippen LogP contribution is -2.46. The second kappa shape index (κ2) is 6.02. The van der Waals surface area contributed by atoms with Crippen molar-refractivity contribution in [2.24, 2.45) is 5.41 Å². The van der Waals surface area contributed by atoms with Gasteiger partial charge < -0.3 is 10.2 Å². The maximum absolute atomic E-state index is 3.51. The van der Waals surface area contributed by atoms with Crippen LogP contribution >= 0.6 is 0 Å². The van der Waals surface area contributed by atoms with E-state index in [1.54, 1.807) is 0 Å². The van der Waals surface area contributed by atoms with Crippen LogP contribution in [-0.4, -0.2) is 36.6 Å². The molecule has 1 aliphatic heterocycles. The van der Waals surface area contributed by atoms with E-state index in [0.29, 0.717) is 17.5 Å². The van der Waals surface area contributed by atoms with Crippen molar-refractivity contribution >= 4 is 0 Å². The molecule has 1 heterocycles. The van der Waals surface area contributed by atoms with E-state index < -0.39 is 0 Å². The van der Waals surface area contributed by atoms with E-state index in [2.05, 4.69) is 44.8 Å². The van der Waals surface area contributed by atoms with Gasteiger partial charge in [-0.25, -0.2) is 0 Å². The van der Waals surface area contributed by atoms with Crippen LogP contribution in [0.25, 0.3) is 0 Å². The van der Waals surface area contributed by atoms with Crippen molar-refractivity contribution in [3.05, 3.63) is 0 Å². The number of likely N-dealkylation sites (tertiary alicyclic amines) is 1. The fourth-order valence-electron chi connectivity index (χ4n) is 2.94. The van der Waals surface area contributed by atoms with Crippen molar-refractivity contribution in [1.29, 1.82) is 0 Å². The highest BCUT2D eigenvalue weighted by Gasteiger charge is 2.29. The Morgan fingerprint density at radius 3 is 2.56 bits per heavy atom. The molecule has 0 aromatic heterocycles. The van der Waals surface area contributed by atoms with Crippen molar-refractivity contribution in [2.75, 3.05) is 19.6 Å². The molecule has 0 saturated carbocycles. The van der Waals surface area contributed by atoms with Crippen LogP contribution in [0.4, 0.5) is 0 Å². The first-order chi connectivity index (χ1) is 7.44. The zero-order valence-corrected chi connectivity index (χ0v) is 11.8. The lowest BCUT2D eigenvalue weighted by Gasteiger charge is -2.42. The Balaban J connectivity index is 2.38. The van der Waals surface area contributed by atoms with Crippen molar-refractivity contribution in [3.63, 3.8) is 0 Å². The Kier molecular flexibility index (Phi) is 5.26. The molecule has 16 heavy (non-hydrogen) atoms. The number of hydrogen-bond acceptors (Lipinski definition) is 2. The van der Waals surface area contributed by atoms with Gasteiger partial charge in [-0.15, -0.1) is 0 Å². The first-order valence-corrected chi connectivity index (χ1v) is 6.92. The summed E-state index contributed by atoms with van der Waals surface area (Å²) in [6.07, 6.45) is 4.02. The van der Waals surface area contributed by atoms with E-state index in [-0.39, 0.29) is 0 Å². The molecule has 0 aliphatic carbocycles. The summed E-state index contributed by atoms with van der Waals surface area (Å²) in [7, 11) is 0. The quantitative estimate of drug-likeness (QED) is 0.775. The van der Waals surface area contributed by atoms with Crippen LogP contribution in [0.15, 0.2) is 0 Å². The van der Waals surface area contributed by atoms with Crippen LogP contribution in [0.3, 0.4) is 0 Å².